The average molecular weight is 198 g/mol. The van der Waals surface area contributed by atoms with Gasteiger partial charge in [-0.2, -0.15) is 0 Å². The summed E-state index contributed by atoms with van der Waals surface area (Å²) in [6.07, 6.45) is 4.11. The molecule has 3 nitrogen and oxygen atoms in total. The smallest absolute Gasteiger partial charge is 0.0594 e. The Morgan fingerprint density at radius 2 is 2.00 bits per heavy atom. The lowest BCUT2D eigenvalue weighted by Crippen LogP contribution is -2.55. The van der Waals surface area contributed by atoms with Gasteiger partial charge in [0.2, 0.25) is 0 Å². The number of morpholine rings is 1. The summed E-state index contributed by atoms with van der Waals surface area (Å²) >= 11 is 0. The summed E-state index contributed by atoms with van der Waals surface area (Å²) in [7, 11) is 0. The van der Waals surface area contributed by atoms with E-state index in [4.69, 9.17) is 10.5 Å². The first-order valence-electron chi connectivity index (χ1n) is 5.77. The van der Waals surface area contributed by atoms with E-state index in [1.165, 1.54) is 19.3 Å². The normalized spacial score (nSPS) is 28.7. The topological polar surface area (TPSA) is 38.5 Å². The first-order chi connectivity index (χ1) is 6.74. The number of hydrogen-bond donors (Lipinski definition) is 1. The fourth-order valence-electron chi connectivity index (χ4n) is 2.39. The van der Waals surface area contributed by atoms with Crippen LogP contribution in [0.3, 0.4) is 0 Å². The monoisotopic (exact) mass is 198 g/mol. The Morgan fingerprint density at radius 1 is 1.36 bits per heavy atom. The highest BCUT2D eigenvalue weighted by Gasteiger charge is 2.37. The molecule has 14 heavy (non-hydrogen) atoms. The molecular weight excluding hydrogens is 176 g/mol. The van der Waals surface area contributed by atoms with Crippen LogP contribution in [-0.4, -0.2) is 43.3 Å². The second-order valence-corrected chi connectivity index (χ2v) is 4.95. The Hall–Kier alpha value is -0.120. The van der Waals surface area contributed by atoms with Crippen molar-refractivity contribution in [2.45, 2.75) is 31.7 Å². The van der Waals surface area contributed by atoms with Crippen molar-refractivity contribution in [3.8, 4) is 0 Å². The number of rotatable bonds is 4. The molecule has 1 aliphatic heterocycles. The fraction of sp³-hybridized carbons (Fsp3) is 1.00. The van der Waals surface area contributed by atoms with E-state index in [9.17, 15) is 0 Å². The Balaban J connectivity index is 1.93. The second-order valence-electron chi connectivity index (χ2n) is 4.95. The van der Waals surface area contributed by atoms with E-state index in [0.29, 0.717) is 0 Å². The zero-order chi connectivity index (χ0) is 10.0. The molecule has 3 heteroatoms. The van der Waals surface area contributed by atoms with Crippen LogP contribution >= 0.6 is 0 Å². The maximum atomic E-state index is 5.93. The molecule has 0 aromatic carbocycles. The zero-order valence-electron chi connectivity index (χ0n) is 9.17. The minimum Gasteiger partial charge on any atom is -0.379 e. The van der Waals surface area contributed by atoms with Gasteiger partial charge in [0.05, 0.1) is 13.2 Å². The highest BCUT2D eigenvalue weighted by molar-refractivity contribution is 4.93. The van der Waals surface area contributed by atoms with E-state index in [1.54, 1.807) is 0 Å². The molecule has 1 saturated carbocycles. The fourth-order valence-corrected chi connectivity index (χ4v) is 2.39. The quantitative estimate of drug-likeness (QED) is 0.727. The number of ether oxygens (including phenoxy) is 1. The molecule has 0 amide bonds. The van der Waals surface area contributed by atoms with Crippen molar-refractivity contribution in [3.05, 3.63) is 0 Å². The summed E-state index contributed by atoms with van der Waals surface area (Å²) in [5.41, 5.74) is 6.16. The van der Waals surface area contributed by atoms with Gasteiger partial charge in [0.1, 0.15) is 0 Å². The minimum atomic E-state index is 0.227. The van der Waals surface area contributed by atoms with Crippen molar-refractivity contribution in [1.82, 2.24) is 4.90 Å². The predicted octanol–water partition coefficient (Wildman–Crippen LogP) is 0.836. The third-order valence-electron chi connectivity index (χ3n) is 3.64. The molecule has 82 valence electrons. The average Bonchev–Trinajstić information content (AvgIpc) is 3.03. The molecule has 1 atom stereocenters. The summed E-state index contributed by atoms with van der Waals surface area (Å²) in [6, 6.07) is 0. The van der Waals surface area contributed by atoms with E-state index in [2.05, 4.69) is 11.8 Å². The molecular formula is C11H22N2O. The summed E-state index contributed by atoms with van der Waals surface area (Å²) in [5, 5.41) is 0. The van der Waals surface area contributed by atoms with Crippen LogP contribution in [0.25, 0.3) is 0 Å². The van der Waals surface area contributed by atoms with Gasteiger partial charge >= 0.3 is 0 Å². The molecule has 2 rings (SSSR count). The molecule has 0 aromatic rings. The third-order valence-corrected chi connectivity index (χ3v) is 3.64. The molecule has 2 N–H and O–H groups in total. The molecule has 0 bridgehead atoms. The maximum absolute atomic E-state index is 5.93. The van der Waals surface area contributed by atoms with Crippen LogP contribution in [0, 0.1) is 5.92 Å². The van der Waals surface area contributed by atoms with Crippen molar-refractivity contribution in [1.29, 1.82) is 0 Å². The van der Waals surface area contributed by atoms with Crippen LogP contribution in [-0.2, 0) is 4.74 Å². The summed E-state index contributed by atoms with van der Waals surface area (Å²) in [6.45, 7) is 6.96. The van der Waals surface area contributed by atoms with Gasteiger partial charge in [-0.05, 0) is 19.3 Å². The van der Waals surface area contributed by atoms with Gasteiger partial charge in [0.15, 0.2) is 0 Å². The Bertz CT molecular complexity index is 188. The van der Waals surface area contributed by atoms with Crippen LogP contribution in [0.4, 0.5) is 0 Å². The molecule has 2 fully saturated rings. The molecule has 0 spiro atoms. The standard InChI is InChI=1S/C11H22N2O/c1-11(9-12,8-10-2-3-10)13-4-6-14-7-5-13/h10H,2-9,12H2,1H3. The Morgan fingerprint density at radius 3 is 2.50 bits per heavy atom. The van der Waals surface area contributed by atoms with Crippen LogP contribution in [0.5, 0.6) is 0 Å². The van der Waals surface area contributed by atoms with Gasteiger partial charge < -0.3 is 10.5 Å². The Kier molecular flexibility index (Phi) is 3.10. The highest BCUT2D eigenvalue weighted by atomic mass is 16.5. The van der Waals surface area contributed by atoms with Crippen LogP contribution in [0.15, 0.2) is 0 Å². The van der Waals surface area contributed by atoms with Crippen molar-refractivity contribution in [2.75, 3.05) is 32.8 Å². The highest BCUT2D eigenvalue weighted by Crippen LogP contribution is 2.38. The van der Waals surface area contributed by atoms with E-state index in [0.717, 1.165) is 38.8 Å². The summed E-state index contributed by atoms with van der Waals surface area (Å²) < 4.78 is 5.38. The second kappa shape index (κ2) is 4.17. The summed E-state index contributed by atoms with van der Waals surface area (Å²) in [5.74, 6) is 0.950. The van der Waals surface area contributed by atoms with Crippen molar-refractivity contribution >= 4 is 0 Å². The van der Waals surface area contributed by atoms with Gasteiger partial charge in [-0.1, -0.05) is 12.8 Å². The number of nitrogens with two attached hydrogens (primary N) is 1. The first-order valence-corrected chi connectivity index (χ1v) is 5.77. The van der Waals surface area contributed by atoms with E-state index >= 15 is 0 Å². The predicted molar refractivity (Wildman–Crippen MR) is 57.2 cm³/mol. The number of hydrogen-bond acceptors (Lipinski definition) is 3. The maximum Gasteiger partial charge on any atom is 0.0594 e. The molecule has 1 aliphatic carbocycles. The van der Waals surface area contributed by atoms with Gasteiger partial charge in [-0.3, -0.25) is 4.90 Å². The first kappa shape index (κ1) is 10.4. The zero-order valence-corrected chi connectivity index (χ0v) is 9.17. The van der Waals surface area contributed by atoms with Gasteiger partial charge in [-0.25, -0.2) is 0 Å². The molecule has 0 radical (unpaired) electrons. The van der Waals surface area contributed by atoms with Gasteiger partial charge in [0, 0.05) is 25.2 Å². The lowest BCUT2D eigenvalue weighted by molar-refractivity contribution is -0.0180. The molecule has 1 heterocycles. The van der Waals surface area contributed by atoms with Crippen LogP contribution in [0.2, 0.25) is 0 Å². The van der Waals surface area contributed by atoms with Crippen LogP contribution in [0.1, 0.15) is 26.2 Å². The molecule has 1 unspecified atom stereocenters. The Labute approximate surface area is 86.6 Å². The molecule has 2 aliphatic rings. The molecule has 1 saturated heterocycles. The largest absolute Gasteiger partial charge is 0.379 e. The van der Waals surface area contributed by atoms with E-state index in [1.807, 2.05) is 0 Å². The summed E-state index contributed by atoms with van der Waals surface area (Å²) in [4.78, 5) is 2.52. The van der Waals surface area contributed by atoms with E-state index in [-0.39, 0.29) is 5.54 Å². The van der Waals surface area contributed by atoms with Gasteiger partial charge in [-0.15, -0.1) is 0 Å². The van der Waals surface area contributed by atoms with Crippen molar-refractivity contribution in [3.63, 3.8) is 0 Å². The SMILES string of the molecule is CC(CN)(CC1CC1)N1CCOCC1. The van der Waals surface area contributed by atoms with Crippen LogP contribution < -0.4 is 5.73 Å². The van der Waals surface area contributed by atoms with Gasteiger partial charge in [0.25, 0.3) is 0 Å². The lowest BCUT2D eigenvalue weighted by Gasteiger charge is -2.43. The number of nitrogens with zero attached hydrogens (tertiary/aromatic N) is 1. The van der Waals surface area contributed by atoms with Crippen molar-refractivity contribution < 1.29 is 4.74 Å². The van der Waals surface area contributed by atoms with E-state index < -0.39 is 0 Å². The lowest BCUT2D eigenvalue weighted by atomic mass is 9.92. The minimum absolute atomic E-state index is 0.227. The van der Waals surface area contributed by atoms with Crippen molar-refractivity contribution in [2.24, 2.45) is 11.7 Å². The third kappa shape index (κ3) is 2.27. The molecule has 0 aromatic heterocycles.